The molecule has 0 bridgehead atoms. The van der Waals surface area contributed by atoms with Crippen LogP contribution in [0.3, 0.4) is 0 Å². The highest BCUT2D eigenvalue weighted by molar-refractivity contribution is 5.71. The summed E-state index contributed by atoms with van der Waals surface area (Å²) in [6, 6.07) is 10.3. The number of amides is 1. The van der Waals surface area contributed by atoms with Crippen LogP contribution < -0.4 is 5.32 Å². The molecule has 1 heterocycles. The fraction of sp³-hybridized carbons (Fsp3) is 0.353. The van der Waals surface area contributed by atoms with Gasteiger partial charge in [0, 0.05) is 12.2 Å². The number of carboxylic acids is 1. The van der Waals surface area contributed by atoms with E-state index in [1.54, 1.807) is 16.9 Å². The number of rotatable bonds is 7. The Morgan fingerprint density at radius 3 is 2.58 bits per heavy atom. The number of ether oxygens (including phenoxy) is 1. The van der Waals surface area contributed by atoms with Crippen molar-refractivity contribution in [3.8, 4) is 0 Å². The smallest absolute Gasteiger partial charge is 0.408 e. The van der Waals surface area contributed by atoms with E-state index < -0.39 is 18.1 Å². The van der Waals surface area contributed by atoms with Crippen molar-refractivity contribution in [2.24, 2.45) is 0 Å². The molecule has 2 N–H and O–H groups in total. The van der Waals surface area contributed by atoms with Gasteiger partial charge in [0.25, 0.3) is 0 Å². The molecule has 0 aliphatic rings. The Kier molecular flexibility index (Phi) is 5.95. The number of carbonyl (C=O) groups excluding carboxylic acids is 1. The van der Waals surface area contributed by atoms with Gasteiger partial charge in [-0.15, -0.1) is 0 Å². The van der Waals surface area contributed by atoms with Gasteiger partial charge in [-0.1, -0.05) is 30.3 Å². The normalized spacial score (nSPS) is 12.0. The molecule has 2 rings (SSSR count). The van der Waals surface area contributed by atoms with Gasteiger partial charge in [0.2, 0.25) is 0 Å². The van der Waals surface area contributed by atoms with Crippen molar-refractivity contribution in [3.05, 3.63) is 53.9 Å². The summed E-state index contributed by atoms with van der Waals surface area (Å²) in [6.45, 7) is 3.99. The molecule has 1 aromatic carbocycles. The highest BCUT2D eigenvalue weighted by atomic mass is 16.5. The summed E-state index contributed by atoms with van der Waals surface area (Å²) >= 11 is 0. The summed E-state index contributed by atoms with van der Waals surface area (Å²) in [6.07, 6.45) is 0.668. The number of hydrogen-bond acceptors (Lipinski definition) is 4. The Balaban J connectivity index is 2.04. The minimum Gasteiger partial charge on any atom is -0.481 e. The summed E-state index contributed by atoms with van der Waals surface area (Å²) in [5.41, 5.74) is 1.48. The molecule has 24 heavy (non-hydrogen) atoms. The second-order valence-electron chi connectivity index (χ2n) is 5.65. The van der Waals surface area contributed by atoms with Crippen LogP contribution in [0.2, 0.25) is 0 Å². The molecule has 0 aliphatic heterocycles. The SMILES string of the molecule is CC(C)n1nccc1[C@H](CC(=O)O)NC(=O)OCc1ccccc1. The maximum Gasteiger partial charge on any atom is 0.408 e. The maximum absolute atomic E-state index is 12.0. The zero-order valence-electron chi connectivity index (χ0n) is 13.7. The minimum absolute atomic E-state index is 0.0495. The van der Waals surface area contributed by atoms with E-state index >= 15 is 0 Å². The van der Waals surface area contributed by atoms with Gasteiger partial charge in [0.15, 0.2) is 0 Å². The lowest BCUT2D eigenvalue weighted by Gasteiger charge is -2.20. The average Bonchev–Trinajstić information content (AvgIpc) is 3.03. The van der Waals surface area contributed by atoms with Crippen LogP contribution >= 0.6 is 0 Å². The van der Waals surface area contributed by atoms with Crippen LogP contribution in [0, 0.1) is 0 Å². The summed E-state index contributed by atoms with van der Waals surface area (Å²) in [4.78, 5) is 23.2. The van der Waals surface area contributed by atoms with Crippen molar-refractivity contribution in [1.82, 2.24) is 15.1 Å². The first-order valence-electron chi connectivity index (χ1n) is 7.69. The van der Waals surface area contributed by atoms with Crippen LogP contribution in [0.15, 0.2) is 42.6 Å². The fourth-order valence-corrected chi connectivity index (χ4v) is 2.34. The van der Waals surface area contributed by atoms with E-state index in [4.69, 9.17) is 9.84 Å². The molecule has 7 heteroatoms. The number of nitrogens with zero attached hydrogens (tertiary/aromatic N) is 2. The van der Waals surface area contributed by atoms with Crippen LogP contribution in [0.1, 0.15) is 43.6 Å². The molecule has 0 aliphatic carbocycles. The summed E-state index contributed by atoms with van der Waals surface area (Å²) in [5, 5.41) is 15.9. The number of alkyl carbamates (subject to hydrolysis) is 1. The standard InChI is InChI=1S/C17H21N3O4/c1-12(2)20-15(8-9-18-20)14(10-16(21)22)19-17(23)24-11-13-6-4-3-5-7-13/h3-9,12,14H,10-11H2,1-2H3,(H,19,23)(H,21,22)/t14-/m0/s1. The molecule has 0 spiro atoms. The molecule has 1 aromatic heterocycles. The third-order valence-electron chi connectivity index (χ3n) is 3.43. The van der Waals surface area contributed by atoms with Crippen LogP contribution in [0.5, 0.6) is 0 Å². The fourth-order valence-electron chi connectivity index (χ4n) is 2.34. The van der Waals surface area contributed by atoms with Crippen molar-refractivity contribution in [2.75, 3.05) is 0 Å². The van der Waals surface area contributed by atoms with Gasteiger partial charge in [-0.3, -0.25) is 9.48 Å². The largest absolute Gasteiger partial charge is 0.481 e. The number of aromatic nitrogens is 2. The lowest BCUT2D eigenvalue weighted by Crippen LogP contribution is -2.32. The quantitative estimate of drug-likeness (QED) is 0.813. The van der Waals surface area contributed by atoms with Crippen LogP contribution in [-0.4, -0.2) is 26.9 Å². The number of carbonyl (C=O) groups is 2. The van der Waals surface area contributed by atoms with Gasteiger partial charge in [0.05, 0.1) is 18.2 Å². The molecule has 0 fully saturated rings. The van der Waals surface area contributed by atoms with Gasteiger partial charge in [0.1, 0.15) is 6.61 Å². The molecule has 0 saturated heterocycles. The van der Waals surface area contributed by atoms with Gasteiger partial charge in [-0.05, 0) is 25.5 Å². The third-order valence-corrected chi connectivity index (χ3v) is 3.43. The van der Waals surface area contributed by atoms with Gasteiger partial charge in [-0.25, -0.2) is 4.79 Å². The second-order valence-corrected chi connectivity index (χ2v) is 5.65. The first-order valence-corrected chi connectivity index (χ1v) is 7.69. The number of aliphatic carboxylic acids is 1. The van der Waals surface area contributed by atoms with E-state index in [1.165, 1.54) is 0 Å². The van der Waals surface area contributed by atoms with E-state index in [-0.39, 0.29) is 19.1 Å². The van der Waals surface area contributed by atoms with Gasteiger partial charge >= 0.3 is 12.1 Å². The summed E-state index contributed by atoms with van der Waals surface area (Å²) in [7, 11) is 0. The zero-order valence-corrected chi connectivity index (χ0v) is 13.7. The molecule has 1 amide bonds. The maximum atomic E-state index is 12.0. The van der Waals surface area contributed by atoms with Crippen LogP contribution in [0.4, 0.5) is 4.79 Å². The zero-order chi connectivity index (χ0) is 17.5. The molecule has 0 radical (unpaired) electrons. The predicted octanol–water partition coefficient (Wildman–Crippen LogP) is 2.91. The van der Waals surface area contributed by atoms with Gasteiger partial charge in [-0.2, -0.15) is 5.10 Å². The van der Waals surface area contributed by atoms with Crippen molar-refractivity contribution in [3.63, 3.8) is 0 Å². The monoisotopic (exact) mass is 331 g/mol. The molecule has 2 aromatic rings. The Morgan fingerprint density at radius 2 is 1.96 bits per heavy atom. The van der Waals surface area contributed by atoms with Crippen molar-refractivity contribution >= 4 is 12.1 Å². The summed E-state index contributed by atoms with van der Waals surface area (Å²) < 4.78 is 6.85. The average molecular weight is 331 g/mol. The Morgan fingerprint density at radius 1 is 1.25 bits per heavy atom. The minimum atomic E-state index is -1.01. The molecular formula is C17H21N3O4. The Hall–Kier alpha value is -2.83. The van der Waals surface area contributed by atoms with Crippen molar-refractivity contribution in [2.45, 2.75) is 39.0 Å². The summed E-state index contributed by atoms with van der Waals surface area (Å²) in [5.74, 6) is -1.01. The van der Waals surface area contributed by atoms with Crippen molar-refractivity contribution < 1.29 is 19.4 Å². The first-order chi connectivity index (χ1) is 11.5. The molecule has 7 nitrogen and oxygen atoms in total. The lowest BCUT2D eigenvalue weighted by atomic mass is 10.1. The Bertz CT molecular complexity index is 682. The Labute approximate surface area is 140 Å². The van der Waals surface area contributed by atoms with E-state index in [9.17, 15) is 9.59 Å². The van der Waals surface area contributed by atoms with Gasteiger partial charge < -0.3 is 15.2 Å². The molecular weight excluding hydrogens is 310 g/mol. The van der Waals surface area contributed by atoms with Crippen LogP contribution in [-0.2, 0) is 16.1 Å². The number of hydrogen-bond donors (Lipinski definition) is 2. The molecule has 1 atom stereocenters. The number of carboxylic acid groups (broad SMARTS) is 1. The first kappa shape index (κ1) is 17.5. The molecule has 128 valence electrons. The van der Waals surface area contributed by atoms with E-state index in [1.807, 2.05) is 44.2 Å². The highest BCUT2D eigenvalue weighted by Crippen LogP contribution is 2.20. The third kappa shape index (κ3) is 4.84. The van der Waals surface area contributed by atoms with E-state index in [0.717, 1.165) is 5.56 Å². The van der Waals surface area contributed by atoms with Crippen molar-refractivity contribution in [1.29, 1.82) is 0 Å². The van der Waals surface area contributed by atoms with E-state index in [2.05, 4.69) is 10.4 Å². The molecule has 0 unspecified atom stereocenters. The predicted molar refractivity (Wildman–Crippen MR) is 87.4 cm³/mol. The number of nitrogens with one attached hydrogen (secondary N) is 1. The second kappa shape index (κ2) is 8.14. The highest BCUT2D eigenvalue weighted by Gasteiger charge is 2.23. The lowest BCUT2D eigenvalue weighted by molar-refractivity contribution is -0.137. The number of benzene rings is 1. The van der Waals surface area contributed by atoms with E-state index in [0.29, 0.717) is 5.69 Å². The topological polar surface area (TPSA) is 93.5 Å². The van der Waals surface area contributed by atoms with Crippen LogP contribution in [0.25, 0.3) is 0 Å². The molecule has 0 saturated carbocycles.